The van der Waals surface area contributed by atoms with Crippen LogP contribution in [0.5, 0.6) is 5.75 Å². The highest BCUT2D eigenvalue weighted by atomic mass is 35.5. The number of halogens is 1. The van der Waals surface area contributed by atoms with Gasteiger partial charge in [0.25, 0.3) is 0 Å². The number of hydrogen-bond acceptors (Lipinski definition) is 3. The van der Waals surface area contributed by atoms with Gasteiger partial charge in [0.05, 0.1) is 10.6 Å². The molecule has 0 N–H and O–H groups in total. The van der Waals surface area contributed by atoms with Gasteiger partial charge in [-0.1, -0.05) is 11.6 Å². The van der Waals surface area contributed by atoms with Gasteiger partial charge in [0.1, 0.15) is 18.4 Å². The van der Waals surface area contributed by atoms with Crippen LogP contribution in [0.15, 0.2) is 18.2 Å². The molecule has 0 saturated carbocycles. The highest BCUT2D eigenvalue weighted by Crippen LogP contribution is 2.23. The third-order valence-electron chi connectivity index (χ3n) is 2.86. The lowest BCUT2D eigenvalue weighted by atomic mass is 10.1. The van der Waals surface area contributed by atoms with E-state index in [0.29, 0.717) is 22.9 Å². The summed E-state index contributed by atoms with van der Waals surface area (Å²) in [4.78, 5) is 2.10. The van der Waals surface area contributed by atoms with Gasteiger partial charge in [-0.3, -0.25) is 0 Å². The van der Waals surface area contributed by atoms with E-state index in [0.717, 1.165) is 0 Å². The van der Waals surface area contributed by atoms with Crippen LogP contribution in [0.2, 0.25) is 5.02 Å². The standard InChI is InChI=1S/C13H17ClN2O/c1-13(2,16(3)4)9-17-11-6-5-10(8-15)12(14)7-11/h5-7H,9H2,1-4H3. The van der Waals surface area contributed by atoms with Gasteiger partial charge in [-0.05, 0) is 40.1 Å². The number of nitriles is 1. The molecule has 0 aliphatic rings. The molecular weight excluding hydrogens is 236 g/mol. The lowest BCUT2D eigenvalue weighted by molar-refractivity contribution is 0.114. The van der Waals surface area contributed by atoms with Crippen molar-refractivity contribution in [3.8, 4) is 11.8 Å². The van der Waals surface area contributed by atoms with Crippen molar-refractivity contribution in [3.05, 3.63) is 28.8 Å². The lowest BCUT2D eigenvalue weighted by Gasteiger charge is -2.32. The Morgan fingerprint density at radius 1 is 1.41 bits per heavy atom. The molecule has 0 unspecified atom stereocenters. The number of nitrogens with zero attached hydrogens (tertiary/aromatic N) is 2. The molecule has 0 fully saturated rings. The SMILES string of the molecule is CN(C)C(C)(C)COc1ccc(C#N)c(Cl)c1. The van der Waals surface area contributed by atoms with E-state index >= 15 is 0 Å². The smallest absolute Gasteiger partial charge is 0.120 e. The van der Waals surface area contributed by atoms with Gasteiger partial charge in [0.2, 0.25) is 0 Å². The monoisotopic (exact) mass is 252 g/mol. The second-order valence-electron chi connectivity index (χ2n) is 4.75. The summed E-state index contributed by atoms with van der Waals surface area (Å²) in [5.41, 5.74) is 0.409. The molecule has 0 aliphatic heterocycles. The fourth-order valence-corrected chi connectivity index (χ4v) is 1.28. The first-order valence-corrected chi connectivity index (χ1v) is 5.74. The van der Waals surface area contributed by atoms with E-state index in [2.05, 4.69) is 18.7 Å². The quantitative estimate of drug-likeness (QED) is 0.827. The summed E-state index contributed by atoms with van der Waals surface area (Å²) in [7, 11) is 4.02. The van der Waals surface area contributed by atoms with Gasteiger partial charge in [0.15, 0.2) is 0 Å². The minimum Gasteiger partial charge on any atom is -0.492 e. The van der Waals surface area contributed by atoms with E-state index in [1.165, 1.54) is 0 Å². The summed E-state index contributed by atoms with van der Waals surface area (Å²) in [6.45, 7) is 4.75. The first-order chi connectivity index (χ1) is 7.86. The molecule has 3 nitrogen and oxygen atoms in total. The molecule has 0 saturated heterocycles. The maximum absolute atomic E-state index is 8.76. The van der Waals surface area contributed by atoms with E-state index in [1.54, 1.807) is 18.2 Å². The number of hydrogen-bond donors (Lipinski definition) is 0. The summed E-state index contributed by atoms with van der Waals surface area (Å²) in [5.74, 6) is 0.684. The van der Waals surface area contributed by atoms with Crippen LogP contribution in [0.1, 0.15) is 19.4 Å². The summed E-state index contributed by atoms with van der Waals surface area (Å²) in [6, 6.07) is 7.12. The molecule has 17 heavy (non-hydrogen) atoms. The molecule has 1 aromatic carbocycles. The summed E-state index contributed by atoms with van der Waals surface area (Å²) in [6.07, 6.45) is 0. The largest absolute Gasteiger partial charge is 0.492 e. The van der Waals surface area contributed by atoms with Crippen molar-refractivity contribution in [3.63, 3.8) is 0 Å². The summed E-state index contributed by atoms with van der Waals surface area (Å²) in [5, 5.41) is 9.18. The predicted molar refractivity (Wildman–Crippen MR) is 69.4 cm³/mol. The summed E-state index contributed by atoms with van der Waals surface area (Å²) < 4.78 is 5.68. The molecular formula is C13H17ClN2O. The van der Waals surface area contributed by atoms with Gasteiger partial charge in [-0.15, -0.1) is 0 Å². The van der Waals surface area contributed by atoms with Crippen LogP contribution in [0.25, 0.3) is 0 Å². The topological polar surface area (TPSA) is 36.3 Å². The van der Waals surface area contributed by atoms with E-state index in [-0.39, 0.29) is 5.54 Å². The van der Waals surface area contributed by atoms with E-state index in [1.807, 2.05) is 20.2 Å². The minimum atomic E-state index is -0.0552. The first-order valence-electron chi connectivity index (χ1n) is 5.37. The van der Waals surface area contributed by atoms with E-state index < -0.39 is 0 Å². The Morgan fingerprint density at radius 2 is 2.06 bits per heavy atom. The Morgan fingerprint density at radius 3 is 2.53 bits per heavy atom. The summed E-state index contributed by atoms with van der Waals surface area (Å²) >= 11 is 5.93. The third kappa shape index (κ3) is 3.62. The normalized spacial score (nSPS) is 11.4. The van der Waals surface area contributed by atoms with Crippen molar-refractivity contribution in [2.24, 2.45) is 0 Å². The molecule has 0 aromatic heterocycles. The zero-order valence-corrected chi connectivity index (χ0v) is 11.4. The van der Waals surface area contributed by atoms with Crippen molar-refractivity contribution in [1.29, 1.82) is 5.26 Å². The molecule has 4 heteroatoms. The second-order valence-corrected chi connectivity index (χ2v) is 5.16. The van der Waals surface area contributed by atoms with Crippen molar-refractivity contribution >= 4 is 11.6 Å². The molecule has 0 bridgehead atoms. The van der Waals surface area contributed by atoms with Crippen molar-refractivity contribution in [2.75, 3.05) is 20.7 Å². The Kier molecular flexibility index (Phi) is 4.39. The van der Waals surface area contributed by atoms with Crippen LogP contribution in [-0.4, -0.2) is 31.1 Å². The minimum absolute atomic E-state index is 0.0552. The molecule has 0 radical (unpaired) electrons. The Hall–Kier alpha value is -1.24. The third-order valence-corrected chi connectivity index (χ3v) is 3.18. The van der Waals surface area contributed by atoms with Gasteiger partial charge < -0.3 is 9.64 Å². The van der Waals surface area contributed by atoms with Gasteiger partial charge >= 0.3 is 0 Å². The Labute approximate surface area is 108 Å². The van der Waals surface area contributed by atoms with Crippen LogP contribution < -0.4 is 4.74 Å². The maximum Gasteiger partial charge on any atom is 0.120 e. The maximum atomic E-state index is 8.76. The second kappa shape index (κ2) is 5.39. The van der Waals surface area contributed by atoms with Crippen molar-refractivity contribution in [2.45, 2.75) is 19.4 Å². The number of benzene rings is 1. The molecule has 0 spiro atoms. The van der Waals surface area contributed by atoms with E-state index in [4.69, 9.17) is 21.6 Å². The lowest BCUT2D eigenvalue weighted by Crippen LogP contribution is -2.43. The molecule has 0 amide bonds. The van der Waals surface area contributed by atoms with Crippen molar-refractivity contribution < 1.29 is 4.74 Å². The van der Waals surface area contributed by atoms with Crippen LogP contribution >= 0.6 is 11.6 Å². The number of rotatable bonds is 4. The predicted octanol–water partition coefficient (Wildman–Crippen LogP) is 2.93. The van der Waals surface area contributed by atoms with Gasteiger partial charge in [-0.25, -0.2) is 0 Å². The molecule has 0 aliphatic carbocycles. The van der Waals surface area contributed by atoms with Crippen LogP contribution in [0.4, 0.5) is 0 Å². The molecule has 0 atom stereocenters. The fourth-order valence-electron chi connectivity index (χ4n) is 1.07. The van der Waals surface area contributed by atoms with Crippen LogP contribution in [-0.2, 0) is 0 Å². The van der Waals surface area contributed by atoms with Crippen molar-refractivity contribution in [1.82, 2.24) is 4.90 Å². The number of ether oxygens (including phenoxy) is 1. The zero-order chi connectivity index (χ0) is 13.1. The Balaban J connectivity index is 2.72. The van der Waals surface area contributed by atoms with Gasteiger partial charge in [-0.2, -0.15) is 5.26 Å². The average molecular weight is 253 g/mol. The highest BCUT2D eigenvalue weighted by Gasteiger charge is 2.21. The van der Waals surface area contributed by atoms with Gasteiger partial charge in [0, 0.05) is 11.6 Å². The number of likely N-dealkylation sites (N-methyl/N-ethyl adjacent to an activating group) is 1. The molecule has 92 valence electrons. The molecule has 1 aromatic rings. The van der Waals surface area contributed by atoms with Crippen LogP contribution in [0.3, 0.4) is 0 Å². The Bertz CT molecular complexity index is 436. The van der Waals surface area contributed by atoms with E-state index in [9.17, 15) is 0 Å². The average Bonchev–Trinajstić information content (AvgIpc) is 2.26. The van der Waals surface area contributed by atoms with Crippen LogP contribution in [0, 0.1) is 11.3 Å². The highest BCUT2D eigenvalue weighted by molar-refractivity contribution is 6.31. The molecule has 1 rings (SSSR count). The molecule has 0 heterocycles. The first kappa shape index (κ1) is 13.8. The fraction of sp³-hybridized carbons (Fsp3) is 0.462. The zero-order valence-electron chi connectivity index (χ0n) is 10.6.